The number of hydrogen-bond acceptors (Lipinski definition) is 3. The van der Waals surface area contributed by atoms with Crippen molar-refractivity contribution in [1.82, 2.24) is 0 Å². The maximum atomic E-state index is 8.57. The fourth-order valence-corrected chi connectivity index (χ4v) is 0. The van der Waals surface area contributed by atoms with Crippen molar-refractivity contribution in [3.63, 3.8) is 0 Å². The molecule has 0 aliphatic carbocycles. The summed E-state index contributed by atoms with van der Waals surface area (Å²) in [5.41, 5.74) is 0. The van der Waals surface area contributed by atoms with Crippen molar-refractivity contribution in [2.45, 2.75) is 0 Å². The van der Waals surface area contributed by atoms with Gasteiger partial charge in [-0.3, -0.25) is 0 Å². The molecule has 7 heteroatoms. The van der Waals surface area contributed by atoms with Crippen LogP contribution < -0.4 is 107 Å². The Labute approximate surface area is 126 Å². The first kappa shape index (κ1) is 22.4. The summed E-state index contributed by atoms with van der Waals surface area (Å²) in [4.78, 5) is 0. The van der Waals surface area contributed by atoms with Crippen LogP contribution >= 0.6 is 0 Å². The van der Waals surface area contributed by atoms with E-state index in [1.807, 2.05) is 0 Å². The molecule has 0 fully saturated rings. The summed E-state index contributed by atoms with van der Waals surface area (Å²) in [6, 6.07) is 0. The van der Waals surface area contributed by atoms with Gasteiger partial charge in [0.05, 0.1) is 0 Å². The van der Waals surface area contributed by atoms with Crippen LogP contribution in [0.5, 0.6) is 0 Å². The summed E-state index contributed by atoms with van der Waals surface area (Å²) in [7, 11) is 0. The molecule has 0 N–H and O–H groups in total. The second kappa shape index (κ2) is 16.4. The first-order valence-corrected chi connectivity index (χ1v) is 3.11. The van der Waals surface area contributed by atoms with Crippen LogP contribution in [0.3, 0.4) is 0 Å². The van der Waals surface area contributed by atoms with Crippen molar-refractivity contribution in [2.75, 3.05) is 0 Å². The van der Waals surface area contributed by atoms with Gasteiger partial charge in [0.25, 0.3) is 21.1 Å². The summed E-state index contributed by atoms with van der Waals surface area (Å²) >= 11 is -4.01. The van der Waals surface area contributed by atoms with Crippen LogP contribution in [-0.4, -0.2) is 0 Å². The normalized spacial score (nSPS) is 5.14. The Kier molecular flexibility index (Phi) is 52.4. The molecule has 0 saturated carbocycles. The topological polar surface area (TPSA) is 69.2 Å². The minimum atomic E-state index is -4.01. The van der Waals surface area contributed by atoms with Crippen LogP contribution in [0.4, 0.5) is 0 Å². The van der Waals surface area contributed by atoms with E-state index in [2.05, 4.69) is 0 Å². The maximum Gasteiger partial charge on any atom is 3.00 e. The van der Waals surface area contributed by atoms with Gasteiger partial charge in [0.1, 0.15) is 0 Å². The molecule has 0 aromatic rings. The summed E-state index contributed by atoms with van der Waals surface area (Å²) in [6.07, 6.45) is 0. The van der Waals surface area contributed by atoms with E-state index < -0.39 is 21.1 Å². The third kappa shape index (κ3) is 41.9. The van der Waals surface area contributed by atoms with Crippen LogP contribution in [0.1, 0.15) is 0 Å². The third-order valence-corrected chi connectivity index (χ3v) is 0. The molecule has 0 bridgehead atoms. The average Bonchev–Trinajstić information content (AvgIpc) is 0.811. The quantitative estimate of drug-likeness (QED) is 0.228. The van der Waals surface area contributed by atoms with Crippen molar-refractivity contribution in [3.05, 3.63) is 0 Å². The van der Waals surface area contributed by atoms with E-state index >= 15 is 0 Å². The van der Waals surface area contributed by atoms with Gasteiger partial charge in [-0.2, -0.15) is 0 Å². The van der Waals surface area contributed by atoms with Gasteiger partial charge in [0.2, 0.25) is 0 Å². The van der Waals surface area contributed by atoms with Gasteiger partial charge in [-0.05, 0) is 0 Å². The number of rotatable bonds is 0. The van der Waals surface area contributed by atoms with E-state index in [1.54, 1.807) is 0 Å². The monoisotopic (exact) mass is 538 g/mol. The molecule has 0 radical (unpaired) electrons. The Morgan fingerprint density at radius 2 is 1.00 bits per heavy atom. The molecule has 0 aromatic carbocycles. The van der Waals surface area contributed by atoms with Crippen molar-refractivity contribution >= 4 is 0 Å². The number of hydrogen-bond donors (Lipinski definition) is 0. The van der Waals surface area contributed by atoms with Crippen LogP contribution in [0.2, 0.25) is 0 Å². The van der Waals surface area contributed by atoms with Crippen molar-refractivity contribution < 1.29 is 129 Å². The molecule has 7 heavy (non-hydrogen) atoms. The molecule has 0 saturated heterocycles. The number of halogens is 2. The SMILES string of the molecule is [Au+3].[I-].[K+].[O-][I+2]([O-])[O-]. The smallest absolute Gasteiger partial charge is 1.00 e. The summed E-state index contributed by atoms with van der Waals surface area (Å²) in [6.45, 7) is 0. The van der Waals surface area contributed by atoms with Gasteiger partial charge in [-0.15, -0.1) is 0 Å². The molecule has 0 aromatic heterocycles. The maximum absolute atomic E-state index is 8.57. The second-order valence-electron chi connectivity index (χ2n) is 0.189. The van der Waals surface area contributed by atoms with E-state index in [0.717, 1.165) is 0 Å². The van der Waals surface area contributed by atoms with E-state index in [1.165, 1.54) is 0 Å². The van der Waals surface area contributed by atoms with Gasteiger partial charge in [-0.1, -0.05) is 0 Å². The zero-order chi connectivity index (χ0) is 3.58. The minimum Gasteiger partial charge on any atom is -1.00 e. The van der Waals surface area contributed by atoms with Crippen LogP contribution in [0.25, 0.3) is 0 Å². The predicted octanol–water partition coefficient (Wildman–Crippen LogP) is -12.6. The summed E-state index contributed by atoms with van der Waals surface area (Å²) < 4.78 is 25.7. The van der Waals surface area contributed by atoms with E-state index in [4.69, 9.17) is 10.3 Å². The van der Waals surface area contributed by atoms with Gasteiger partial charge in [0.15, 0.2) is 0 Å². The molecule has 0 heterocycles. The van der Waals surface area contributed by atoms with Gasteiger partial charge in [0, 0.05) is 0 Å². The van der Waals surface area contributed by atoms with Crippen LogP contribution in [0.15, 0.2) is 0 Å². The van der Waals surface area contributed by atoms with Crippen molar-refractivity contribution in [3.8, 4) is 0 Å². The largest absolute Gasteiger partial charge is 3.00 e. The Balaban J connectivity index is -0.0000000150. The molecule has 0 aliphatic heterocycles. The summed E-state index contributed by atoms with van der Waals surface area (Å²) in [5.74, 6) is 0. The molecule has 0 rings (SSSR count). The molecule has 42 valence electrons. The first-order valence-electron chi connectivity index (χ1n) is 0.463. The molecule has 0 amide bonds. The molecule has 0 spiro atoms. The third-order valence-electron chi connectivity index (χ3n) is 0. The van der Waals surface area contributed by atoms with Crippen molar-refractivity contribution in [2.24, 2.45) is 0 Å². The first-order chi connectivity index (χ1) is 1.73. The Morgan fingerprint density at radius 3 is 1.00 bits per heavy atom. The molecular weight excluding hydrogens is 538 g/mol. The van der Waals surface area contributed by atoms with Gasteiger partial charge in [-0.25, -0.2) is 0 Å². The molecule has 0 unspecified atom stereocenters. The average molecular weight is 538 g/mol. The Bertz CT molecular complexity index is 17.7. The fraction of sp³-hybridized carbons (Fsp3) is 0. The van der Waals surface area contributed by atoms with Crippen LogP contribution in [0, 0.1) is 0 Å². The summed E-state index contributed by atoms with van der Waals surface area (Å²) in [5, 5.41) is 0. The van der Waals surface area contributed by atoms with Gasteiger partial charge < -0.3 is 34.3 Å². The van der Waals surface area contributed by atoms with Crippen LogP contribution in [-0.2, 0) is 22.4 Å². The minimum absolute atomic E-state index is 0. The van der Waals surface area contributed by atoms with Gasteiger partial charge >= 0.3 is 73.8 Å². The standard InChI is InChI=1S/Au.IO3.HI.K/c;2-1(3)4;;/h;;1H;/q+3;-1;;+1/p-1. The Morgan fingerprint density at radius 1 is 1.00 bits per heavy atom. The second-order valence-corrected chi connectivity index (χ2v) is 1.27. The molecule has 0 atom stereocenters. The van der Waals surface area contributed by atoms with E-state index in [9.17, 15) is 0 Å². The molecule has 3 nitrogen and oxygen atoms in total. The molecule has 0 aliphatic rings. The van der Waals surface area contributed by atoms with Crippen molar-refractivity contribution in [1.29, 1.82) is 0 Å². The zero-order valence-electron chi connectivity index (χ0n) is 3.28. The Hall–Kier alpha value is 3.72. The fourth-order valence-electron chi connectivity index (χ4n) is 0. The molecular formula is AuI2KO3+2. The van der Waals surface area contributed by atoms with E-state index in [-0.39, 0.29) is 97.7 Å². The zero-order valence-corrected chi connectivity index (χ0v) is 12.9. The van der Waals surface area contributed by atoms with E-state index in [0.29, 0.717) is 0 Å². The predicted molar refractivity (Wildman–Crippen MR) is 0 cm³/mol.